The number of hydrogen-bond donors (Lipinski definition) is 2. The van der Waals surface area contributed by atoms with E-state index in [0.29, 0.717) is 55.4 Å². The molecule has 1 fully saturated rings. The van der Waals surface area contributed by atoms with Gasteiger partial charge in [0.2, 0.25) is 0 Å². The fourth-order valence-corrected chi connectivity index (χ4v) is 4.53. The highest BCUT2D eigenvalue weighted by atomic mass is 19.1. The first-order chi connectivity index (χ1) is 17.4. The summed E-state index contributed by atoms with van der Waals surface area (Å²) in [4.78, 5) is 29.8. The van der Waals surface area contributed by atoms with Crippen LogP contribution in [0, 0.1) is 5.82 Å². The summed E-state index contributed by atoms with van der Waals surface area (Å²) in [7, 11) is 0. The number of nitrogens with zero attached hydrogens (tertiary/aromatic N) is 2. The molecule has 2 aromatic carbocycles. The summed E-state index contributed by atoms with van der Waals surface area (Å²) in [5.41, 5.74) is 2.24. The number of hydrogen-bond acceptors (Lipinski definition) is 6. The molecule has 8 nitrogen and oxygen atoms in total. The van der Waals surface area contributed by atoms with E-state index in [1.54, 1.807) is 19.1 Å². The molecular weight excluding hydrogens is 463 g/mol. The van der Waals surface area contributed by atoms with Crippen molar-refractivity contribution in [3.63, 3.8) is 0 Å². The lowest BCUT2D eigenvalue weighted by Crippen LogP contribution is -2.52. The maximum atomic E-state index is 14.2. The molecule has 0 aromatic heterocycles. The molecule has 0 unspecified atom stereocenters. The van der Waals surface area contributed by atoms with E-state index in [1.807, 2.05) is 49.1 Å². The van der Waals surface area contributed by atoms with Gasteiger partial charge in [0, 0.05) is 38.4 Å². The lowest BCUT2D eigenvalue weighted by Gasteiger charge is -2.38. The van der Waals surface area contributed by atoms with Gasteiger partial charge >= 0.3 is 12.0 Å². The van der Waals surface area contributed by atoms with E-state index in [-0.39, 0.29) is 24.6 Å². The number of piperazine rings is 1. The number of nitrogens with one attached hydrogen (secondary N) is 2. The van der Waals surface area contributed by atoms with Crippen LogP contribution in [-0.4, -0.2) is 62.3 Å². The van der Waals surface area contributed by atoms with E-state index >= 15 is 0 Å². The molecule has 1 saturated heterocycles. The Bertz CT molecular complexity index is 1110. The van der Waals surface area contributed by atoms with Crippen LogP contribution < -0.4 is 20.3 Å². The minimum Gasteiger partial charge on any atom is -0.491 e. The Labute approximate surface area is 211 Å². The average Bonchev–Trinajstić information content (AvgIpc) is 2.85. The summed E-state index contributed by atoms with van der Waals surface area (Å²) in [5, 5.41) is 5.70. The van der Waals surface area contributed by atoms with Crippen molar-refractivity contribution in [2.24, 2.45) is 0 Å². The largest absolute Gasteiger partial charge is 0.491 e. The predicted molar refractivity (Wildman–Crippen MR) is 135 cm³/mol. The first-order valence-corrected chi connectivity index (χ1v) is 12.3. The van der Waals surface area contributed by atoms with Crippen LogP contribution in [0.1, 0.15) is 32.4 Å². The summed E-state index contributed by atoms with van der Waals surface area (Å²) in [5.74, 6) is -0.00218. The molecule has 0 spiro atoms. The van der Waals surface area contributed by atoms with E-state index in [2.05, 4.69) is 15.5 Å². The number of anilines is 1. The standard InChI is InChI=1S/C27H33FN4O4/c1-4-35-26(33)24-22(17-31-13-15-32(16-14-31)23-8-6-5-7-21(23)28)29-27(34)30-25(24)19-9-11-20(12-10-19)36-18(2)3/h5-12,18,25H,4,13-17H2,1-3H3,(H2,29,30,34)/t25-/m0/s1. The van der Waals surface area contributed by atoms with Crippen molar-refractivity contribution in [2.45, 2.75) is 32.9 Å². The van der Waals surface area contributed by atoms with Crippen molar-refractivity contribution in [1.29, 1.82) is 0 Å². The van der Waals surface area contributed by atoms with Crippen molar-refractivity contribution in [3.8, 4) is 5.75 Å². The molecule has 1 atom stereocenters. The highest BCUT2D eigenvalue weighted by Crippen LogP contribution is 2.30. The average molecular weight is 497 g/mol. The van der Waals surface area contributed by atoms with Crippen molar-refractivity contribution in [2.75, 3.05) is 44.2 Å². The molecule has 2 heterocycles. The van der Waals surface area contributed by atoms with Crippen LogP contribution >= 0.6 is 0 Å². The Balaban J connectivity index is 1.55. The van der Waals surface area contributed by atoms with E-state index in [1.165, 1.54) is 6.07 Å². The Morgan fingerprint density at radius 1 is 1.08 bits per heavy atom. The van der Waals surface area contributed by atoms with Crippen LogP contribution in [0.4, 0.5) is 14.9 Å². The first-order valence-electron chi connectivity index (χ1n) is 12.3. The number of rotatable bonds is 8. The molecule has 192 valence electrons. The molecule has 0 aliphatic carbocycles. The van der Waals surface area contributed by atoms with Crippen LogP contribution in [-0.2, 0) is 9.53 Å². The molecule has 9 heteroatoms. The molecule has 0 radical (unpaired) electrons. The summed E-state index contributed by atoms with van der Waals surface area (Å²) >= 11 is 0. The van der Waals surface area contributed by atoms with Crippen LogP contribution in [0.5, 0.6) is 5.75 Å². The van der Waals surface area contributed by atoms with Crippen LogP contribution in [0.3, 0.4) is 0 Å². The number of esters is 1. The summed E-state index contributed by atoms with van der Waals surface area (Å²) in [6.07, 6.45) is 0.0369. The Kier molecular flexibility index (Phi) is 8.10. The third-order valence-electron chi connectivity index (χ3n) is 6.18. The van der Waals surface area contributed by atoms with Crippen molar-refractivity contribution in [3.05, 3.63) is 71.2 Å². The van der Waals surface area contributed by atoms with Crippen molar-refractivity contribution in [1.82, 2.24) is 15.5 Å². The number of ether oxygens (including phenoxy) is 2. The molecule has 4 rings (SSSR count). The van der Waals surface area contributed by atoms with Gasteiger partial charge in [-0.3, -0.25) is 4.90 Å². The van der Waals surface area contributed by atoms with Gasteiger partial charge in [-0.05, 0) is 50.6 Å². The molecule has 2 aliphatic rings. The number of carbonyl (C=O) groups is 2. The van der Waals surface area contributed by atoms with E-state index in [0.717, 1.165) is 5.56 Å². The SMILES string of the molecule is CCOC(=O)C1=C(CN2CCN(c3ccccc3F)CC2)NC(=O)N[C@H]1c1ccc(OC(C)C)cc1. The maximum absolute atomic E-state index is 14.2. The van der Waals surface area contributed by atoms with E-state index in [9.17, 15) is 14.0 Å². The summed E-state index contributed by atoms with van der Waals surface area (Å²) in [6, 6.07) is 13.1. The number of urea groups is 1. The molecule has 0 bridgehead atoms. The lowest BCUT2D eigenvalue weighted by atomic mass is 9.94. The zero-order chi connectivity index (χ0) is 25.7. The fraction of sp³-hybridized carbons (Fsp3) is 0.407. The second-order valence-electron chi connectivity index (χ2n) is 9.09. The molecule has 2 amide bonds. The number of carbonyl (C=O) groups excluding carboxylic acids is 2. The minimum atomic E-state index is -0.652. The predicted octanol–water partition coefficient (Wildman–Crippen LogP) is 3.61. The van der Waals surface area contributed by atoms with E-state index in [4.69, 9.17) is 9.47 Å². The fourth-order valence-electron chi connectivity index (χ4n) is 4.53. The summed E-state index contributed by atoms with van der Waals surface area (Å²) < 4.78 is 25.3. The van der Waals surface area contributed by atoms with Crippen LogP contribution in [0.25, 0.3) is 0 Å². The molecule has 36 heavy (non-hydrogen) atoms. The zero-order valence-corrected chi connectivity index (χ0v) is 20.9. The number of para-hydroxylation sites is 1. The molecular formula is C27H33FN4O4. The summed E-state index contributed by atoms with van der Waals surface area (Å²) in [6.45, 7) is 8.83. The third-order valence-corrected chi connectivity index (χ3v) is 6.18. The normalized spacial score (nSPS) is 18.6. The van der Waals surface area contributed by atoms with Crippen molar-refractivity contribution >= 4 is 17.7 Å². The smallest absolute Gasteiger partial charge is 0.338 e. The van der Waals surface area contributed by atoms with Gasteiger partial charge in [0.05, 0.1) is 30.0 Å². The quantitative estimate of drug-likeness (QED) is 0.544. The van der Waals surface area contributed by atoms with Crippen LogP contribution in [0.2, 0.25) is 0 Å². The second kappa shape index (κ2) is 11.4. The Morgan fingerprint density at radius 3 is 2.42 bits per heavy atom. The highest BCUT2D eigenvalue weighted by Gasteiger charge is 2.34. The number of halogens is 1. The number of amides is 2. The Hall–Kier alpha value is -3.59. The minimum absolute atomic E-state index is 0.0369. The van der Waals surface area contributed by atoms with Gasteiger partial charge in [-0.2, -0.15) is 0 Å². The van der Waals surface area contributed by atoms with Gasteiger partial charge in [0.1, 0.15) is 11.6 Å². The van der Waals surface area contributed by atoms with E-state index < -0.39 is 12.0 Å². The Morgan fingerprint density at radius 2 is 1.78 bits per heavy atom. The van der Waals surface area contributed by atoms with Crippen molar-refractivity contribution < 1.29 is 23.5 Å². The topological polar surface area (TPSA) is 83.1 Å². The van der Waals surface area contributed by atoms with Gasteiger partial charge < -0.3 is 25.0 Å². The molecule has 2 N–H and O–H groups in total. The molecule has 2 aliphatic heterocycles. The van der Waals surface area contributed by atoms with Gasteiger partial charge in [0.25, 0.3) is 0 Å². The monoisotopic (exact) mass is 496 g/mol. The highest BCUT2D eigenvalue weighted by molar-refractivity contribution is 5.95. The number of benzene rings is 2. The van der Waals surface area contributed by atoms with Gasteiger partial charge in [-0.15, -0.1) is 0 Å². The second-order valence-corrected chi connectivity index (χ2v) is 9.09. The zero-order valence-electron chi connectivity index (χ0n) is 20.9. The van der Waals surface area contributed by atoms with Crippen LogP contribution in [0.15, 0.2) is 59.8 Å². The molecule has 2 aromatic rings. The maximum Gasteiger partial charge on any atom is 0.338 e. The van der Waals surface area contributed by atoms with Gasteiger partial charge in [-0.25, -0.2) is 14.0 Å². The van der Waals surface area contributed by atoms with Gasteiger partial charge in [-0.1, -0.05) is 24.3 Å². The third kappa shape index (κ3) is 5.96. The molecule has 0 saturated carbocycles. The first kappa shape index (κ1) is 25.5. The lowest BCUT2D eigenvalue weighted by molar-refractivity contribution is -0.139. The van der Waals surface area contributed by atoms with Gasteiger partial charge in [0.15, 0.2) is 0 Å².